The molecule has 1 rings (SSSR count). The summed E-state index contributed by atoms with van der Waals surface area (Å²) in [6, 6.07) is -0.642. The fourth-order valence-corrected chi connectivity index (χ4v) is 1.77. The summed E-state index contributed by atoms with van der Waals surface area (Å²) in [6.07, 6.45) is 0.989. The normalized spacial score (nSPS) is 21.1. The van der Waals surface area contributed by atoms with Crippen LogP contribution in [0.2, 0.25) is 0 Å². The number of nitrogens with zero attached hydrogens (tertiary/aromatic N) is 1. The van der Waals surface area contributed by atoms with Gasteiger partial charge in [0.2, 0.25) is 5.91 Å². The number of hydrogen-bond acceptors (Lipinski definition) is 4. The predicted octanol–water partition coefficient (Wildman–Crippen LogP) is -0.0659. The molecule has 0 saturated carbocycles. The molecule has 0 aliphatic carbocycles. The van der Waals surface area contributed by atoms with E-state index in [2.05, 4.69) is 19.2 Å². The van der Waals surface area contributed by atoms with Gasteiger partial charge in [-0.05, 0) is 12.3 Å². The number of rotatable bonds is 7. The second-order valence-corrected chi connectivity index (χ2v) is 4.92. The van der Waals surface area contributed by atoms with Crippen LogP contribution in [0.4, 0.5) is 0 Å². The molecule has 0 aromatic heterocycles. The van der Waals surface area contributed by atoms with Crippen LogP contribution in [0.3, 0.4) is 0 Å². The zero-order valence-electron chi connectivity index (χ0n) is 11.0. The number of piperazine rings is 1. The first kappa shape index (κ1) is 14.9. The largest absolute Gasteiger partial charge is 0.480 e. The van der Waals surface area contributed by atoms with Crippen molar-refractivity contribution >= 4 is 11.9 Å². The summed E-state index contributed by atoms with van der Waals surface area (Å²) in [5, 5.41) is 11.6. The van der Waals surface area contributed by atoms with Crippen LogP contribution in [0.15, 0.2) is 0 Å². The molecule has 0 spiro atoms. The summed E-state index contributed by atoms with van der Waals surface area (Å²) in [5.41, 5.74) is 0. The lowest BCUT2D eigenvalue weighted by Crippen LogP contribution is -2.58. The Labute approximate surface area is 107 Å². The molecular weight excluding hydrogens is 236 g/mol. The van der Waals surface area contributed by atoms with Crippen LogP contribution in [0.1, 0.15) is 20.3 Å². The van der Waals surface area contributed by atoms with Crippen LogP contribution in [-0.2, 0) is 14.3 Å². The minimum absolute atomic E-state index is 0.129. The fraction of sp³-hybridized carbons (Fsp3) is 0.833. The fourth-order valence-electron chi connectivity index (χ4n) is 1.77. The Bertz CT molecular complexity index is 294. The first-order chi connectivity index (χ1) is 8.50. The van der Waals surface area contributed by atoms with E-state index in [4.69, 9.17) is 9.84 Å². The van der Waals surface area contributed by atoms with Gasteiger partial charge in [0, 0.05) is 19.7 Å². The van der Waals surface area contributed by atoms with E-state index in [9.17, 15) is 9.59 Å². The van der Waals surface area contributed by atoms with Gasteiger partial charge in [-0.15, -0.1) is 0 Å². The molecular formula is C12H22N2O4. The van der Waals surface area contributed by atoms with Crippen LogP contribution in [-0.4, -0.2) is 60.8 Å². The number of carbonyl (C=O) groups excluding carboxylic acids is 1. The lowest BCUT2D eigenvalue weighted by atomic mass is 10.1. The standard InChI is InChI=1S/C12H22N2O4/c1-9(2)3-5-18-6-4-14-8-11(15)13-7-10(14)12(16)17/h9-10H,3-8H2,1-2H3,(H,13,15)(H,16,17). The van der Waals surface area contributed by atoms with E-state index in [-0.39, 0.29) is 19.0 Å². The maximum atomic E-state index is 11.2. The van der Waals surface area contributed by atoms with Gasteiger partial charge in [-0.1, -0.05) is 13.8 Å². The SMILES string of the molecule is CC(C)CCOCCN1CC(=O)NCC1C(=O)O. The third-order valence-electron chi connectivity index (χ3n) is 2.93. The highest BCUT2D eigenvalue weighted by Gasteiger charge is 2.31. The summed E-state index contributed by atoms with van der Waals surface area (Å²) >= 11 is 0. The van der Waals surface area contributed by atoms with Crippen molar-refractivity contribution in [2.45, 2.75) is 26.3 Å². The highest BCUT2D eigenvalue weighted by Crippen LogP contribution is 2.04. The second-order valence-electron chi connectivity index (χ2n) is 4.92. The van der Waals surface area contributed by atoms with E-state index in [0.717, 1.165) is 6.42 Å². The van der Waals surface area contributed by atoms with Crippen LogP contribution in [0, 0.1) is 5.92 Å². The van der Waals surface area contributed by atoms with Crippen molar-refractivity contribution in [1.29, 1.82) is 0 Å². The van der Waals surface area contributed by atoms with Crippen molar-refractivity contribution in [3.05, 3.63) is 0 Å². The molecule has 6 nitrogen and oxygen atoms in total. The molecule has 1 unspecified atom stereocenters. The van der Waals surface area contributed by atoms with E-state index in [1.54, 1.807) is 4.90 Å². The number of hydrogen-bond donors (Lipinski definition) is 2. The first-order valence-electron chi connectivity index (χ1n) is 6.32. The predicted molar refractivity (Wildman–Crippen MR) is 66.3 cm³/mol. The monoisotopic (exact) mass is 258 g/mol. The molecule has 104 valence electrons. The van der Waals surface area contributed by atoms with Crippen molar-refractivity contribution in [2.24, 2.45) is 5.92 Å². The molecule has 0 radical (unpaired) electrons. The van der Waals surface area contributed by atoms with E-state index < -0.39 is 12.0 Å². The smallest absolute Gasteiger partial charge is 0.322 e. The zero-order valence-corrected chi connectivity index (χ0v) is 11.0. The molecule has 1 aliphatic heterocycles. The van der Waals surface area contributed by atoms with Gasteiger partial charge in [-0.25, -0.2) is 0 Å². The molecule has 1 aliphatic rings. The molecule has 1 saturated heterocycles. The van der Waals surface area contributed by atoms with Crippen LogP contribution < -0.4 is 5.32 Å². The van der Waals surface area contributed by atoms with Crippen molar-refractivity contribution in [1.82, 2.24) is 10.2 Å². The molecule has 0 aromatic carbocycles. The molecule has 6 heteroatoms. The average Bonchev–Trinajstić information content (AvgIpc) is 2.27. The summed E-state index contributed by atoms with van der Waals surface area (Å²) in [4.78, 5) is 23.9. The van der Waals surface area contributed by atoms with Crippen molar-refractivity contribution in [3.63, 3.8) is 0 Å². The number of carboxylic acid groups (broad SMARTS) is 1. The van der Waals surface area contributed by atoms with Gasteiger partial charge in [-0.2, -0.15) is 0 Å². The molecule has 0 bridgehead atoms. The van der Waals surface area contributed by atoms with Crippen molar-refractivity contribution < 1.29 is 19.4 Å². The Morgan fingerprint density at radius 3 is 2.89 bits per heavy atom. The quantitative estimate of drug-likeness (QED) is 0.625. The number of amides is 1. The minimum Gasteiger partial charge on any atom is -0.480 e. The van der Waals surface area contributed by atoms with Gasteiger partial charge in [0.1, 0.15) is 6.04 Å². The van der Waals surface area contributed by atoms with Gasteiger partial charge in [-0.3, -0.25) is 14.5 Å². The van der Waals surface area contributed by atoms with E-state index in [1.165, 1.54) is 0 Å². The molecule has 2 N–H and O–H groups in total. The number of ether oxygens (including phenoxy) is 1. The zero-order chi connectivity index (χ0) is 13.5. The highest BCUT2D eigenvalue weighted by molar-refractivity contribution is 5.83. The molecule has 1 fully saturated rings. The maximum absolute atomic E-state index is 11.2. The van der Waals surface area contributed by atoms with E-state index in [1.807, 2.05) is 0 Å². The van der Waals surface area contributed by atoms with Gasteiger partial charge >= 0.3 is 5.97 Å². The maximum Gasteiger partial charge on any atom is 0.322 e. The van der Waals surface area contributed by atoms with Crippen LogP contribution >= 0.6 is 0 Å². The topological polar surface area (TPSA) is 78.9 Å². The highest BCUT2D eigenvalue weighted by atomic mass is 16.5. The third kappa shape index (κ3) is 5.01. The Balaban J connectivity index is 2.28. The number of carboxylic acids is 1. The van der Waals surface area contributed by atoms with Gasteiger partial charge < -0.3 is 15.2 Å². The van der Waals surface area contributed by atoms with Crippen molar-refractivity contribution in [3.8, 4) is 0 Å². The van der Waals surface area contributed by atoms with E-state index >= 15 is 0 Å². The summed E-state index contributed by atoms with van der Waals surface area (Å²) in [7, 11) is 0. The Hall–Kier alpha value is -1.14. The minimum atomic E-state index is -0.905. The number of carbonyl (C=O) groups is 2. The lowest BCUT2D eigenvalue weighted by Gasteiger charge is -2.32. The lowest BCUT2D eigenvalue weighted by molar-refractivity contribution is -0.146. The molecule has 18 heavy (non-hydrogen) atoms. The van der Waals surface area contributed by atoms with Gasteiger partial charge in [0.05, 0.1) is 13.2 Å². The summed E-state index contributed by atoms with van der Waals surface area (Å²) in [5.74, 6) is -0.440. The number of aliphatic carboxylic acids is 1. The molecule has 1 atom stereocenters. The third-order valence-corrected chi connectivity index (χ3v) is 2.93. The Morgan fingerprint density at radius 2 is 2.28 bits per heavy atom. The molecule has 0 aromatic rings. The first-order valence-corrected chi connectivity index (χ1v) is 6.32. The van der Waals surface area contributed by atoms with Crippen molar-refractivity contribution in [2.75, 3.05) is 32.8 Å². The van der Waals surface area contributed by atoms with Gasteiger partial charge in [0.15, 0.2) is 0 Å². The van der Waals surface area contributed by atoms with Gasteiger partial charge in [0.25, 0.3) is 0 Å². The Morgan fingerprint density at radius 1 is 1.56 bits per heavy atom. The second kappa shape index (κ2) is 7.33. The molecule has 1 amide bonds. The van der Waals surface area contributed by atoms with Crippen LogP contribution in [0.25, 0.3) is 0 Å². The number of nitrogens with one attached hydrogen (secondary N) is 1. The van der Waals surface area contributed by atoms with E-state index in [0.29, 0.717) is 25.7 Å². The van der Waals surface area contributed by atoms with Crippen LogP contribution in [0.5, 0.6) is 0 Å². The average molecular weight is 258 g/mol. The Kier molecular flexibility index (Phi) is 6.07. The molecule has 1 heterocycles. The summed E-state index contributed by atoms with van der Waals surface area (Å²) in [6.45, 7) is 6.16. The summed E-state index contributed by atoms with van der Waals surface area (Å²) < 4.78 is 5.44.